The van der Waals surface area contributed by atoms with Crippen LogP contribution in [0.2, 0.25) is 0 Å². The third kappa shape index (κ3) is 2.90. The molecule has 100 valence electrons. The van der Waals surface area contributed by atoms with Crippen molar-refractivity contribution >= 4 is 22.3 Å². The van der Waals surface area contributed by atoms with Crippen LogP contribution in [0.5, 0.6) is 0 Å². The molecule has 0 amide bonds. The number of carbonyl (C=O) groups is 2. The highest BCUT2D eigenvalue weighted by Crippen LogP contribution is 2.26. The van der Waals surface area contributed by atoms with Gasteiger partial charge in [-0.1, -0.05) is 44.2 Å². The maximum atomic E-state index is 11.6. The van der Waals surface area contributed by atoms with E-state index in [9.17, 15) is 9.59 Å². The average molecular weight is 256 g/mol. The zero-order chi connectivity index (χ0) is 14.6. The van der Waals surface area contributed by atoms with Crippen molar-refractivity contribution < 1.29 is 9.59 Å². The molecule has 0 aliphatic carbocycles. The smallest absolute Gasteiger partial charge is 0.160 e. The van der Waals surface area contributed by atoms with E-state index in [1.165, 1.54) is 13.8 Å². The van der Waals surface area contributed by atoms with Crippen LogP contribution in [-0.2, 0) is 0 Å². The van der Waals surface area contributed by atoms with Gasteiger partial charge in [0, 0.05) is 16.5 Å². The van der Waals surface area contributed by atoms with Crippen LogP contribution in [0.25, 0.3) is 10.8 Å². The van der Waals surface area contributed by atoms with Crippen molar-refractivity contribution in [1.82, 2.24) is 0 Å². The Morgan fingerprint density at radius 1 is 0.842 bits per heavy atom. The van der Waals surface area contributed by atoms with E-state index in [1.54, 1.807) is 12.1 Å². The summed E-state index contributed by atoms with van der Waals surface area (Å²) in [6.07, 6.45) is 0. The molecule has 2 rings (SSSR count). The maximum absolute atomic E-state index is 11.6. The molecule has 0 saturated heterocycles. The first-order chi connectivity index (χ1) is 9.02. The number of rotatable bonds is 2. The summed E-state index contributed by atoms with van der Waals surface area (Å²) in [5, 5.41) is 1.76. The minimum atomic E-state index is -0.0105. The number of aryl methyl sites for hydroxylation is 1. The SMILES string of the molecule is CC.CC(=O)c1cccc2c(C)ccc(C(C)=O)c12. The van der Waals surface area contributed by atoms with Crippen molar-refractivity contribution in [2.24, 2.45) is 0 Å². The van der Waals surface area contributed by atoms with Gasteiger partial charge in [0.25, 0.3) is 0 Å². The molecule has 0 fully saturated rings. The van der Waals surface area contributed by atoms with Crippen LogP contribution in [0.15, 0.2) is 30.3 Å². The Kier molecular flexibility index (Phi) is 4.99. The van der Waals surface area contributed by atoms with E-state index in [0.717, 1.165) is 16.3 Å². The van der Waals surface area contributed by atoms with Gasteiger partial charge in [0.15, 0.2) is 11.6 Å². The summed E-state index contributed by atoms with van der Waals surface area (Å²) in [5.41, 5.74) is 2.32. The van der Waals surface area contributed by atoms with Gasteiger partial charge < -0.3 is 0 Å². The van der Waals surface area contributed by atoms with E-state index < -0.39 is 0 Å². The fourth-order valence-corrected chi connectivity index (χ4v) is 2.14. The van der Waals surface area contributed by atoms with Gasteiger partial charge in [-0.25, -0.2) is 0 Å². The third-order valence-electron chi connectivity index (χ3n) is 3.02. The molecule has 0 unspecified atom stereocenters. The quantitative estimate of drug-likeness (QED) is 0.737. The van der Waals surface area contributed by atoms with E-state index in [-0.39, 0.29) is 11.6 Å². The van der Waals surface area contributed by atoms with Gasteiger partial charge in [-0.15, -0.1) is 0 Å². The highest BCUT2D eigenvalue weighted by atomic mass is 16.1. The predicted molar refractivity (Wildman–Crippen MR) is 80.0 cm³/mol. The van der Waals surface area contributed by atoms with E-state index in [2.05, 4.69) is 0 Å². The van der Waals surface area contributed by atoms with Gasteiger partial charge in [-0.05, 0) is 31.7 Å². The summed E-state index contributed by atoms with van der Waals surface area (Å²) >= 11 is 0. The molecule has 0 aliphatic heterocycles. The molecule has 0 bridgehead atoms. The summed E-state index contributed by atoms with van der Waals surface area (Å²) in [6, 6.07) is 9.30. The zero-order valence-electron chi connectivity index (χ0n) is 12.2. The van der Waals surface area contributed by atoms with Crippen LogP contribution >= 0.6 is 0 Å². The summed E-state index contributed by atoms with van der Waals surface area (Å²) in [4.78, 5) is 23.3. The normalized spacial score (nSPS) is 9.74. The number of hydrogen-bond donors (Lipinski definition) is 0. The molecular weight excluding hydrogens is 236 g/mol. The minimum Gasteiger partial charge on any atom is -0.294 e. The molecule has 0 aliphatic rings. The summed E-state index contributed by atoms with van der Waals surface area (Å²) in [5.74, 6) is -0.0209. The Morgan fingerprint density at radius 2 is 1.37 bits per heavy atom. The minimum absolute atomic E-state index is 0.0105. The molecule has 19 heavy (non-hydrogen) atoms. The Morgan fingerprint density at radius 3 is 1.89 bits per heavy atom. The van der Waals surface area contributed by atoms with Crippen molar-refractivity contribution in [3.05, 3.63) is 47.0 Å². The van der Waals surface area contributed by atoms with Crippen molar-refractivity contribution in [2.45, 2.75) is 34.6 Å². The van der Waals surface area contributed by atoms with Gasteiger partial charge in [0.05, 0.1) is 0 Å². The van der Waals surface area contributed by atoms with Crippen LogP contribution in [0.4, 0.5) is 0 Å². The summed E-state index contributed by atoms with van der Waals surface area (Å²) in [6.45, 7) is 9.04. The van der Waals surface area contributed by atoms with Crippen LogP contribution in [-0.4, -0.2) is 11.6 Å². The average Bonchev–Trinajstić information content (AvgIpc) is 2.40. The monoisotopic (exact) mass is 256 g/mol. The van der Waals surface area contributed by atoms with Crippen LogP contribution in [0.3, 0.4) is 0 Å². The molecule has 2 aromatic carbocycles. The summed E-state index contributed by atoms with van der Waals surface area (Å²) in [7, 11) is 0. The molecule has 2 aromatic rings. The number of carbonyl (C=O) groups excluding carboxylic acids is 2. The van der Waals surface area contributed by atoms with Crippen LogP contribution in [0.1, 0.15) is 54.0 Å². The fourth-order valence-electron chi connectivity index (χ4n) is 2.14. The molecule has 0 spiro atoms. The second kappa shape index (κ2) is 6.28. The lowest BCUT2D eigenvalue weighted by Gasteiger charge is -2.10. The van der Waals surface area contributed by atoms with Gasteiger partial charge in [-0.2, -0.15) is 0 Å². The molecule has 0 heterocycles. The maximum Gasteiger partial charge on any atom is 0.160 e. The first kappa shape index (κ1) is 15.1. The Hall–Kier alpha value is -1.96. The standard InChI is InChI=1S/C15H14O2.C2H6/c1-9-7-8-14(11(3)17)15-12(9)5-4-6-13(15)10(2)16;1-2/h4-8H,1-3H3;1-2H3. The van der Waals surface area contributed by atoms with Gasteiger partial charge >= 0.3 is 0 Å². The Balaban J connectivity index is 0.000000861. The van der Waals surface area contributed by atoms with E-state index in [0.29, 0.717) is 11.1 Å². The van der Waals surface area contributed by atoms with E-state index in [1.807, 2.05) is 39.0 Å². The number of Topliss-reactive ketones (excluding diaryl/α,β-unsaturated/α-hetero) is 2. The van der Waals surface area contributed by atoms with Crippen molar-refractivity contribution in [3.63, 3.8) is 0 Å². The highest BCUT2D eigenvalue weighted by molar-refractivity contribution is 6.16. The number of fused-ring (bicyclic) bond motifs is 1. The topological polar surface area (TPSA) is 34.1 Å². The fraction of sp³-hybridized carbons (Fsp3) is 0.294. The highest BCUT2D eigenvalue weighted by Gasteiger charge is 2.13. The molecule has 0 aromatic heterocycles. The second-order valence-electron chi connectivity index (χ2n) is 4.27. The van der Waals surface area contributed by atoms with Gasteiger partial charge in [-0.3, -0.25) is 9.59 Å². The van der Waals surface area contributed by atoms with Crippen LogP contribution < -0.4 is 0 Å². The molecule has 2 heteroatoms. The Bertz CT molecular complexity index is 604. The predicted octanol–water partition coefficient (Wildman–Crippen LogP) is 4.58. The molecule has 0 atom stereocenters. The number of ketones is 2. The first-order valence-electron chi connectivity index (χ1n) is 6.56. The van der Waals surface area contributed by atoms with Gasteiger partial charge in [0.1, 0.15) is 0 Å². The molecule has 0 radical (unpaired) electrons. The van der Waals surface area contributed by atoms with Crippen LogP contribution in [0, 0.1) is 6.92 Å². The number of hydrogen-bond acceptors (Lipinski definition) is 2. The van der Waals surface area contributed by atoms with E-state index in [4.69, 9.17) is 0 Å². The lowest BCUT2D eigenvalue weighted by molar-refractivity contribution is 0.101. The van der Waals surface area contributed by atoms with Crippen molar-refractivity contribution in [2.75, 3.05) is 0 Å². The van der Waals surface area contributed by atoms with Crippen molar-refractivity contribution in [3.8, 4) is 0 Å². The summed E-state index contributed by atoms with van der Waals surface area (Å²) < 4.78 is 0. The van der Waals surface area contributed by atoms with Gasteiger partial charge in [0.2, 0.25) is 0 Å². The molecular formula is C17H20O2. The lowest BCUT2D eigenvalue weighted by atomic mass is 9.93. The molecule has 0 saturated carbocycles. The second-order valence-corrected chi connectivity index (χ2v) is 4.27. The van der Waals surface area contributed by atoms with E-state index >= 15 is 0 Å². The molecule has 2 nitrogen and oxygen atoms in total. The largest absolute Gasteiger partial charge is 0.294 e. The first-order valence-corrected chi connectivity index (χ1v) is 6.56. The Labute approximate surface area is 114 Å². The molecule has 0 N–H and O–H groups in total. The third-order valence-corrected chi connectivity index (χ3v) is 3.02. The lowest BCUT2D eigenvalue weighted by Crippen LogP contribution is -2.01. The van der Waals surface area contributed by atoms with Crippen molar-refractivity contribution in [1.29, 1.82) is 0 Å². The zero-order valence-corrected chi connectivity index (χ0v) is 12.2. The number of benzene rings is 2.